The summed E-state index contributed by atoms with van der Waals surface area (Å²) in [6, 6.07) is 1.87. The normalized spacial score (nSPS) is 20.4. The Labute approximate surface area is 73.7 Å². The van der Waals surface area contributed by atoms with Crippen LogP contribution in [-0.2, 0) is 0 Å². The van der Waals surface area contributed by atoms with E-state index < -0.39 is 0 Å². The number of hydrogen-bond acceptors (Lipinski definition) is 3. The van der Waals surface area contributed by atoms with Gasteiger partial charge in [-0.25, -0.2) is 0 Å². The maximum absolute atomic E-state index is 10.7. The second kappa shape index (κ2) is 2.43. The number of rotatable bonds is 2. The summed E-state index contributed by atoms with van der Waals surface area (Å²) >= 11 is 1.50. The molecule has 4 N–H and O–H groups in total. The lowest BCUT2D eigenvalue weighted by Gasteiger charge is -1.86. The van der Waals surface area contributed by atoms with Gasteiger partial charge in [-0.05, 0) is 11.6 Å². The molecule has 1 aromatic heterocycles. The minimum absolute atomic E-state index is 0.0874. The van der Waals surface area contributed by atoms with Crippen LogP contribution >= 0.6 is 11.3 Å². The maximum atomic E-state index is 10.7. The van der Waals surface area contributed by atoms with Gasteiger partial charge in [-0.1, -0.05) is 6.08 Å². The average Bonchev–Trinajstić information content (AvgIpc) is 2.59. The molecule has 0 aliphatic heterocycles. The third-order valence-corrected chi connectivity index (χ3v) is 2.76. The van der Waals surface area contributed by atoms with Crippen LogP contribution < -0.4 is 11.5 Å². The van der Waals surface area contributed by atoms with E-state index in [0.717, 1.165) is 10.5 Å². The summed E-state index contributed by atoms with van der Waals surface area (Å²) in [5.74, 6) is -0.382. The Kier molecular flexibility index (Phi) is 1.52. The predicted molar refractivity (Wildman–Crippen MR) is 48.8 cm³/mol. The summed E-state index contributed by atoms with van der Waals surface area (Å²) in [6.45, 7) is 0. The van der Waals surface area contributed by atoms with Crippen LogP contribution in [0.1, 0.15) is 15.2 Å². The van der Waals surface area contributed by atoms with Crippen LogP contribution in [-0.4, -0.2) is 11.9 Å². The van der Waals surface area contributed by atoms with Gasteiger partial charge in [-0.15, -0.1) is 11.3 Å². The van der Waals surface area contributed by atoms with Gasteiger partial charge in [0.25, 0.3) is 0 Å². The molecule has 1 heterocycles. The van der Waals surface area contributed by atoms with Gasteiger partial charge in [0.2, 0.25) is 5.91 Å². The zero-order valence-electron chi connectivity index (χ0n) is 6.28. The van der Waals surface area contributed by atoms with Crippen molar-refractivity contribution in [3.63, 3.8) is 0 Å². The van der Waals surface area contributed by atoms with E-state index in [9.17, 15) is 4.79 Å². The van der Waals surface area contributed by atoms with E-state index in [1.807, 2.05) is 6.08 Å². The van der Waals surface area contributed by atoms with E-state index in [1.165, 1.54) is 11.3 Å². The Morgan fingerprint density at radius 2 is 2.25 bits per heavy atom. The molecule has 12 heavy (non-hydrogen) atoms. The molecule has 0 spiro atoms. The molecule has 0 bridgehead atoms. The van der Waals surface area contributed by atoms with Crippen molar-refractivity contribution in [2.45, 2.75) is 6.04 Å². The zero-order chi connectivity index (χ0) is 8.72. The first-order valence-corrected chi connectivity index (χ1v) is 4.42. The molecule has 4 heteroatoms. The van der Waals surface area contributed by atoms with Crippen molar-refractivity contribution < 1.29 is 4.79 Å². The van der Waals surface area contributed by atoms with Gasteiger partial charge in [0.15, 0.2) is 0 Å². The fourth-order valence-electron chi connectivity index (χ4n) is 1.01. The predicted octanol–water partition coefficient (Wildman–Crippen LogP) is 0.571. The summed E-state index contributed by atoms with van der Waals surface area (Å²) in [6.07, 6.45) is 1.95. The summed E-state index contributed by atoms with van der Waals surface area (Å²) < 4.78 is 0. The molecule has 1 atom stereocenters. The van der Waals surface area contributed by atoms with Crippen LogP contribution in [0, 0.1) is 0 Å². The van der Waals surface area contributed by atoms with Crippen molar-refractivity contribution in [1.82, 2.24) is 0 Å². The highest BCUT2D eigenvalue weighted by Gasteiger charge is 2.23. The molecule has 3 nitrogen and oxygen atoms in total. The van der Waals surface area contributed by atoms with E-state index in [1.54, 1.807) is 11.4 Å². The number of carbonyl (C=O) groups is 1. The Bertz CT molecular complexity index is 367. The van der Waals surface area contributed by atoms with Crippen molar-refractivity contribution in [3.8, 4) is 0 Å². The number of thiophene rings is 1. The van der Waals surface area contributed by atoms with E-state index in [2.05, 4.69) is 0 Å². The molecular formula is C8H8N2OS. The number of nitrogens with two attached hydrogens (primary N) is 2. The van der Waals surface area contributed by atoms with Crippen molar-refractivity contribution in [1.29, 1.82) is 0 Å². The lowest BCUT2D eigenvalue weighted by Crippen LogP contribution is -2.09. The molecule has 0 saturated carbocycles. The summed E-state index contributed by atoms with van der Waals surface area (Å²) in [5, 5.41) is 1.75. The quantitative estimate of drug-likeness (QED) is 0.698. The molecule has 1 amide bonds. The first kappa shape index (κ1) is 7.52. The van der Waals surface area contributed by atoms with Gasteiger partial charge in [0.05, 0.1) is 5.56 Å². The van der Waals surface area contributed by atoms with Crippen LogP contribution in [0.2, 0.25) is 0 Å². The molecule has 1 unspecified atom stereocenters. The van der Waals surface area contributed by atoms with E-state index >= 15 is 0 Å². The van der Waals surface area contributed by atoms with Gasteiger partial charge in [0.1, 0.15) is 0 Å². The molecule has 0 aromatic carbocycles. The first-order chi connectivity index (χ1) is 5.68. The third kappa shape index (κ3) is 1.15. The van der Waals surface area contributed by atoms with Crippen LogP contribution in [0.5, 0.6) is 0 Å². The summed E-state index contributed by atoms with van der Waals surface area (Å²) in [4.78, 5) is 11.8. The Morgan fingerprint density at radius 3 is 2.67 bits per heavy atom. The molecule has 0 radical (unpaired) electrons. The fraction of sp³-hybridized carbons (Fsp3) is 0.125. The van der Waals surface area contributed by atoms with Crippen LogP contribution in [0.3, 0.4) is 0 Å². The lowest BCUT2D eigenvalue weighted by molar-refractivity contribution is 0.100. The van der Waals surface area contributed by atoms with Gasteiger partial charge < -0.3 is 11.5 Å². The molecule has 0 saturated heterocycles. The second-order valence-corrected chi connectivity index (χ2v) is 3.62. The zero-order valence-corrected chi connectivity index (χ0v) is 7.10. The first-order valence-electron chi connectivity index (χ1n) is 3.54. The van der Waals surface area contributed by atoms with Crippen molar-refractivity contribution >= 4 is 22.8 Å². The van der Waals surface area contributed by atoms with Gasteiger partial charge in [0, 0.05) is 16.3 Å². The molecule has 1 aliphatic rings. The van der Waals surface area contributed by atoms with Crippen LogP contribution in [0.15, 0.2) is 17.5 Å². The SMILES string of the molecule is NC(=O)c1csc(C2=CC2N)c1. The standard InChI is InChI=1S/C8H8N2OS/c9-6-2-5(6)7-1-4(3-12-7)8(10)11/h1-3,6H,9H2,(H2,10,11). The maximum Gasteiger partial charge on any atom is 0.249 e. The highest BCUT2D eigenvalue weighted by atomic mass is 32.1. The number of hydrogen-bond donors (Lipinski definition) is 2. The molecule has 62 valence electrons. The van der Waals surface area contributed by atoms with E-state index in [-0.39, 0.29) is 11.9 Å². The largest absolute Gasteiger partial charge is 0.366 e. The molecule has 1 aromatic rings. The molecule has 0 fully saturated rings. The average molecular weight is 180 g/mol. The molecular weight excluding hydrogens is 172 g/mol. The highest BCUT2D eigenvalue weighted by Crippen LogP contribution is 2.33. The molecule has 2 rings (SSSR count). The van der Waals surface area contributed by atoms with Crippen LogP contribution in [0.4, 0.5) is 0 Å². The number of primary amides is 1. The fourth-order valence-corrected chi connectivity index (χ4v) is 1.98. The van der Waals surface area contributed by atoms with Gasteiger partial charge >= 0.3 is 0 Å². The topological polar surface area (TPSA) is 69.1 Å². The second-order valence-electron chi connectivity index (χ2n) is 2.71. The lowest BCUT2D eigenvalue weighted by atomic mass is 10.2. The van der Waals surface area contributed by atoms with E-state index in [0.29, 0.717) is 5.56 Å². The van der Waals surface area contributed by atoms with Crippen molar-refractivity contribution in [3.05, 3.63) is 28.0 Å². The summed E-state index contributed by atoms with van der Waals surface area (Å²) in [7, 11) is 0. The monoisotopic (exact) mass is 180 g/mol. The van der Waals surface area contributed by atoms with E-state index in [4.69, 9.17) is 11.5 Å². The Morgan fingerprint density at radius 1 is 1.58 bits per heavy atom. The Balaban J connectivity index is 2.25. The van der Waals surface area contributed by atoms with Crippen LogP contribution in [0.25, 0.3) is 5.57 Å². The van der Waals surface area contributed by atoms with Gasteiger partial charge in [-0.3, -0.25) is 4.79 Å². The number of amides is 1. The number of carbonyl (C=O) groups excluding carboxylic acids is 1. The minimum atomic E-state index is -0.382. The van der Waals surface area contributed by atoms with Crippen molar-refractivity contribution in [2.75, 3.05) is 0 Å². The highest BCUT2D eigenvalue weighted by molar-refractivity contribution is 7.11. The molecule has 1 aliphatic carbocycles. The Hall–Kier alpha value is -1.13. The van der Waals surface area contributed by atoms with Crippen molar-refractivity contribution in [2.24, 2.45) is 11.5 Å². The van der Waals surface area contributed by atoms with Gasteiger partial charge in [-0.2, -0.15) is 0 Å². The summed E-state index contributed by atoms with van der Waals surface area (Å²) in [5.41, 5.74) is 12.4. The third-order valence-electron chi connectivity index (χ3n) is 1.78. The minimum Gasteiger partial charge on any atom is -0.366 e. The smallest absolute Gasteiger partial charge is 0.249 e.